The Labute approximate surface area is 118 Å². The summed E-state index contributed by atoms with van der Waals surface area (Å²) in [5, 5.41) is 4.87. The van der Waals surface area contributed by atoms with Crippen LogP contribution in [0.5, 0.6) is 0 Å². The quantitative estimate of drug-likeness (QED) is 0.677. The summed E-state index contributed by atoms with van der Waals surface area (Å²) in [5.74, 6) is 0. The molecule has 2 aromatic carbocycles. The molecule has 1 N–H and O–H groups in total. The van der Waals surface area contributed by atoms with E-state index in [1.54, 1.807) is 6.21 Å². The molecular weight excluding hydrogens is 258 g/mol. The predicted octanol–water partition coefficient (Wildman–Crippen LogP) is 3.85. The van der Waals surface area contributed by atoms with Crippen molar-refractivity contribution in [2.45, 2.75) is 0 Å². The Balaban J connectivity index is 1.99. The van der Waals surface area contributed by atoms with Gasteiger partial charge in [-0.25, -0.2) is 0 Å². The molecule has 0 aromatic heterocycles. The van der Waals surface area contributed by atoms with E-state index < -0.39 is 0 Å². The molecule has 4 heteroatoms. The van der Waals surface area contributed by atoms with Crippen molar-refractivity contribution in [1.29, 1.82) is 0 Å². The topological polar surface area (TPSA) is 27.6 Å². The molecule has 0 aliphatic carbocycles. The van der Waals surface area contributed by atoms with Crippen LogP contribution in [0.4, 0.5) is 11.4 Å². The van der Waals surface area contributed by atoms with Gasteiger partial charge in [-0.2, -0.15) is 5.10 Å². The van der Waals surface area contributed by atoms with E-state index in [1.165, 1.54) is 5.69 Å². The Morgan fingerprint density at radius 3 is 2.47 bits per heavy atom. The van der Waals surface area contributed by atoms with Crippen LogP contribution in [0.3, 0.4) is 0 Å². The molecule has 0 bridgehead atoms. The third-order valence-corrected chi connectivity index (χ3v) is 2.88. The molecule has 98 valence electrons. The summed E-state index contributed by atoms with van der Waals surface area (Å²) in [5.41, 5.74) is 6.02. The van der Waals surface area contributed by atoms with Gasteiger partial charge in [-0.15, -0.1) is 0 Å². The van der Waals surface area contributed by atoms with E-state index in [-0.39, 0.29) is 0 Å². The van der Waals surface area contributed by atoms with E-state index in [2.05, 4.69) is 27.6 Å². The van der Waals surface area contributed by atoms with Crippen LogP contribution in [-0.4, -0.2) is 20.3 Å². The summed E-state index contributed by atoms with van der Waals surface area (Å²) in [7, 11) is 4.04. The monoisotopic (exact) mass is 273 g/mol. The second kappa shape index (κ2) is 6.25. The fourth-order valence-corrected chi connectivity index (χ4v) is 1.79. The zero-order valence-corrected chi connectivity index (χ0v) is 11.7. The molecule has 0 aliphatic rings. The molecule has 0 aliphatic heterocycles. The Kier molecular flexibility index (Phi) is 4.42. The zero-order valence-electron chi connectivity index (χ0n) is 11.0. The van der Waals surface area contributed by atoms with Crippen molar-refractivity contribution in [1.82, 2.24) is 0 Å². The maximum absolute atomic E-state index is 5.89. The first-order chi connectivity index (χ1) is 9.15. The minimum absolute atomic E-state index is 0.690. The van der Waals surface area contributed by atoms with Crippen molar-refractivity contribution < 1.29 is 0 Å². The molecular formula is C15H16ClN3. The lowest BCUT2D eigenvalue weighted by atomic mass is 10.2. The number of nitrogens with zero attached hydrogens (tertiary/aromatic N) is 2. The van der Waals surface area contributed by atoms with Gasteiger partial charge in [-0.1, -0.05) is 29.8 Å². The smallest absolute Gasteiger partial charge is 0.0576 e. The highest BCUT2D eigenvalue weighted by atomic mass is 35.5. The SMILES string of the molecule is CN(C)c1ccc(/C=N\Nc2cccc(Cl)c2)cc1. The van der Waals surface area contributed by atoms with Crippen LogP contribution in [0, 0.1) is 0 Å². The van der Waals surface area contributed by atoms with Crippen molar-refractivity contribution in [2.75, 3.05) is 24.4 Å². The molecule has 0 amide bonds. The second-order valence-corrected chi connectivity index (χ2v) is 4.80. The summed E-state index contributed by atoms with van der Waals surface area (Å²) in [6, 6.07) is 15.6. The second-order valence-electron chi connectivity index (χ2n) is 4.37. The third-order valence-electron chi connectivity index (χ3n) is 2.64. The van der Waals surface area contributed by atoms with Crippen LogP contribution in [-0.2, 0) is 0 Å². The number of hydrazone groups is 1. The van der Waals surface area contributed by atoms with E-state index in [0.29, 0.717) is 5.02 Å². The van der Waals surface area contributed by atoms with E-state index in [0.717, 1.165) is 11.3 Å². The van der Waals surface area contributed by atoms with Crippen molar-refractivity contribution in [3.05, 3.63) is 59.1 Å². The van der Waals surface area contributed by atoms with Gasteiger partial charge in [0.25, 0.3) is 0 Å². The van der Waals surface area contributed by atoms with Gasteiger partial charge in [0.1, 0.15) is 0 Å². The third kappa shape index (κ3) is 4.00. The summed E-state index contributed by atoms with van der Waals surface area (Å²) in [6.07, 6.45) is 1.78. The number of nitrogens with one attached hydrogen (secondary N) is 1. The molecule has 0 radical (unpaired) electrons. The molecule has 19 heavy (non-hydrogen) atoms. The van der Waals surface area contributed by atoms with Crippen LogP contribution in [0.15, 0.2) is 53.6 Å². The fraction of sp³-hybridized carbons (Fsp3) is 0.133. The van der Waals surface area contributed by atoms with Gasteiger partial charge in [0, 0.05) is 24.8 Å². The highest BCUT2D eigenvalue weighted by Gasteiger charge is 1.94. The van der Waals surface area contributed by atoms with Crippen LogP contribution in [0.25, 0.3) is 0 Å². The Morgan fingerprint density at radius 1 is 1.11 bits per heavy atom. The van der Waals surface area contributed by atoms with E-state index >= 15 is 0 Å². The molecule has 0 heterocycles. The highest BCUT2D eigenvalue weighted by Crippen LogP contribution is 2.15. The average Bonchev–Trinajstić information content (AvgIpc) is 2.39. The molecule has 0 saturated carbocycles. The van der Waals surface area contributed by atoms with E-state index in [1.807, 2.05) is 50.5 Å². The molecule has 0 saturated heterocycles. The minimum atomic E-state index is 0.690. The number of hydrogen-bond acceptors (Lipinski definition) is 3. The van der Waals surface area contributed by atoms with Crippen molar-refractivity contribution in [2.24, 2.45) is 5.10 Å². The standard InChI is InChI=1S/C15H16ClN3/c1-19(2)15-8-6-12(7-9-15)11-17-18-14-5-3-4-13(16)10-14/h3-11,18H,1-2H3/b17-11-. The fourth-order valence-electron chi connectivity index (χ4n) is 1.60. The molecule has 2 aromatic rings. The van der Waals surface area contributed by atoms with Gasteiger partial charge >= 0.3 is 0 Å². The van der Waals surface area contributed by atoms with Gasteiger partial charge in [0.2, 0.25) is 0 Å². The Hall–Kier alpha value is -2.00. The predicted molar refractivity (Wildman–Crippen MR) is 83.4 cm³/mol. The molecule has 0 spiro atoms. The largest absolute Gasteiger partial charge is 0.378 e. The first-order valence-corrected chi connectivity index (χ1v) is 6.35. The maximum Gasteiger partial charge on any atom is 0.0576 e. The first-order valence-electron chi connectivity index (χ1n) is 5.97. The van der Waals surface area contributed by atoms with Gasteiger partial charge < -0.3 is 4.90 Å². The molecule has 3 nitrogen and oxygen atoms in total. The Bertz CT molecular complexity index is 562. The molecule has 0 unspecified atom stereocenters. The molecule has 0 fully saturated rings. The van der Waals surface area contributed by atoms with Crippen LogP contribution >= 0.6 is 11.6 Å². The highest BCUT2D eigenvalue weighted by molar-refractivity contribution is 6.30. The van der Waals surface area contributed by atoms with Crippen LogP contribution in [0.1, 0.15) is 5.56 Å². The van der Waals surface area contributed by atoms with Crippen LogP contribution < -0.4 is 10.3 Å². The summed E-state index contributed by atoms with van der Waals surface area (Å²) < 4.78 is 0. The van der Waals surface area contributed by atoms with Crippen LogP contribution in [0.2, 0.25) is 5.02 Å². The zero-order chi connectivity index (χ0) is 13.7. The van der Waals surface area contributed by atoms with E-state index in [4.69, 9.17) is 11.6 Å². The molecule has 2 rings (SSSR count). The van der Waals surface area contributed by atoms with Gasteiger partial charge in [0.15, 0.2) is 0 Å². The number of rotatable bonds is 4. The number of anilines is 2. The Morgan fingerprint density at radius 2 is 1.84 bits per heavy atom. The number of halogens is 1. The number of hydrogen-bond donors (Lipinski definition) is 1. The van der Waals surface area contributed by atoms with E-state index in [9.17, 15) is 0 Å². The van der Waals surface area contributed by atoms with Crippen molar-refractivity contribution in [3.63, 3.8) is 0 Å². The lowest BCUT2D eigenvalue weighted by Crippen LogP contribution is -2.08. The van der Waals surface area contributed by atoms with Crippen molar-refractivity contribution in [3.8, 4) is 0 Å². The first kappa shape index (κ1) is 13.4. The van der Waals surface area contributed by atoms with Gasteiger partial charge in [-0.05, 0) is 35.9 Å². The number of benzene rings is 2. The average molecular weight is 274 g/mol. The lowest BCUT2D eigenvalue weighted by Gasteiger charge is -2.11. The van der Waals surface area contributed by atoms with Crippen molar-refractivity contribution >= 4 is 29.2 Å². The molecule has 0 atom stereocenters. The summed E-state index contributed by atoms with van der Waals surface area (Å²) in [4.78, 5) is 2.06. The summed E-state index contributed by atoms with van der Waals surface area (Å²) in [6.45, 7) is 0. The minimum Gasteiger partial charge on any atom is -0.378 e. The normalized spacial score (nSPS) is 10.7. The lowest BCUT2D eigenvalue weighted by molar-refractivity contribution is 1.13. The summed E-state index contributed by atoms with van der Waals surface area (Å²) >= 11 is 5.89. The van der Waals surface area contributed by atoms with Gasteiger partial charge in [-0.3, -0.25) is 5.43 Å². The maximum atomic E-state index is 5.89. The van der Waals surface area contributed by atoms with Gasteiger partial charge in [0.05, 0.1) is 11.9 Å².